The number of hydrogen-bond acceptors (Lipinski definition) is 5. The van der Waals surface area contributed by atoms with Gasteiger partial charge in [-0.15, -0.1) is 0 Å². The minimum atomic E-state index is -0.458. The maximum absolute atomic E-state index is 5.25. The maximum atomic E-state index is 5.25. The number of hydrogen-bond donors (Lipinski definition) is 0. The van der Waals surface area contributed by atoms with E-state index in [0.717, 1.165) is 33.6 Å². The van der Waals surface area contributed by atoms with E-state index in [1.165, 1.54) is 38.9 Å². The van der Waals surface area contributed by atoms with Gasteiger partial charge in [0.05, 0.1) is 18.1 Å². The molecule has 2 aliphatic carbocycles. The smallest absolute Gasteiger partial charge is 0.164 e. The first-order valence-corrected chi connectivity index (χ1v) is 17.6. The topological polar surface area (TPSA) is 74.3 Å². The lowest BCUT2D eigenvalue weighted by molar-refractivity contribution is 0.794. The van der Waals surface area contributed by atoms with Crippen LogP contribution in [0.4, 0.5) is 0 Å². The molecule has 0 saturated heterocycles. The van der Waals surface area contributed by atoms with E-state index in [4.69, 9.17) is 15.0 Å². The second-order valence-corrected chi connectivity index (χ2v) is 13.5. The minimum Gasteiger partial charge on any atom is -0.306 e. The Labute approximate surface area is 305 Å². The summed E-state index contributed by atoms with van der Waals surface area (Å²) < 4.78 is 3.96. The molecule has 3 aromatic heterocycles. The van der Waals surface area contributed by atoms with E-state index in [0.29, 0.717) is 17.5 Å². The molecule has 0 saturated carbocycles. The monoisotopic (exact) mass is 679 g/mol. The molecule has 0 unspecified atom stereocenters. The van der Waals surface area contributed by atoms with Crippen molar-refractivity contribution in [3.63, 3.8) is 0 Å². The quantitative estimate of drug-likeness (QED) is 0.181. The van der Waals surface area contributed by atoms with Crippen LogP contribution in [0.2, 0.25) is 0 Å². The fourth-order valence-corrected chi connectivity index (χ4v) is 8.47. The second kappa shape index (κ2) is 11.4. The number of benzene rings is 6. The Kier molecular flexibility index (Phi) is 6.33. The van der Waals surface area contributed by atoms with Crippen LogP contribution in [0, 0.1) is 0 Å². The molecule has 3 heterocycles. The molecule has 0 N–H and O–H groups in total. The van der Waals surface area contributed by atoms with Crippen LogP contribution >= 0.6 is 0 Å². The molecule has 0 aliphatic heterocycles. The van der Waals surface area contributed by atoms with Crippen LogP contribution in [-0.4, -0.2) is 34.1 Å². The summed E-state index contributed by atoms with van der Waals surface area (Å²) in [5, 5.41) is 0. The molecular weight excluding hydrogens is 651 g/mol. The van der Waals surface area contributed by atoms with Crippen molar-refractivity contribution in [1.82, 2.24) is 34.1 Å². The van der Waals surface area contributed by atoms with Crippen molar-refractivity contribution in [1.29, 1.82) is 0 Å². The molecule has 0 atom stereocenters. The zero-order chi connectivity index (χ0) is 34.9. The molecular formula is C46H29N7. The Balaban J connectivity index is 1.14. The van der Waals surface area contributed by atoms with E-state index in [1.807, 2.05) is 21.5 Å². The van der Waals surface area contributed by atoms with Crippen molar-refractivity contribution >= 4 is 0 Å². The zero-order valence-electron chi connectivity index (χ0n) is 28.4. The third-order valence-electron chi connectivity index (χ3n) is 10.8. The van der Waals surface area contributed by atoms with Gasteiger partial charge in [0, 0.05) is 52.9 Å². The lowest BCUT2D eigenvalue weighted by atomic mass is 9.70. The Morgan fingerprint density at radius 1 is 0.377 bits per heavy atom. The van der Waals surface area contributed by atoms with Crippen LogP contribution in [0.5, 0.6) is 0 Å². The molecule has 2 aliphatic rings. The third kappa shape index (κ3) is 4.31. The molecule has 0 fully saturated rings. The summed E-state index contributed by atoms with van der Waals surface area (Å²) in [5.41, 5.74) is 14.4. The van der Waals surface area contributed by atoms with Gasteiger partial charge in [0.2, 0.25) is 0 Å². The minimum absolute atomic E-state index is 0.458. The summed E-state index contributed by atoms with van der Waals surface area (Å²) in [7, 11) is 0. The normalized spacial score (nSPS) is 13.1. The molecule has 7 nitrogen and oxygen atoms in total. The number of rotatable bonds is 5. The molecule has 1 spiro atoms. The molecule has 0 radical (unpaired) electrons. The first-order valence-electron chi connectivity index (χ1n) is 17.6. The van der Waals surface area contributed by atoms with Gasteiger partial charge in [0.25, 0.3) is 0 Å². The summed E-state index contributed by atoms with van der Waals surface area (Å²) in [6.07, 6.45) is 11.0. The van der Waals surface area contributed by atoms with E-state index in [1.54, 1.807) is 25.0 Å². The van der Waals surface area contributed by atoms with E-state index < -0.39 is 5.41 Å². The highest BCUT2D eigenvalue weighted by Crippen LogP contribution is 2.63. The highest BCUT2D eigenvalue weighted by atomic mass is 15.0. The van der Waals surface area contributed by atoms with Gasteiger partial charge in [0.15, 0.2) is 17.5 Å². The SMILES string of the molecule is c1ccc2c(c1)-c1ccccc1C21c2ccccc2-c2c(-c3nc(-c4ccc(-n5ccnc5)cc4)nc(-c4ccc(-n5ccnc5)cc4)n3)cccc21. The summed E-state index contributed by atoms with van der Waals surface area (Å²) >= 11 is 0. The van der Waals surface area contributed by atoms with Gasteiger partial charge in [-0.2, -0.15) is 0 Å². The van der Waals surface area contributed by atoms with Gasteiger partial charge < -0.3 is 9.13 Å². The Morgan fingerprint density at radius 3 is 1.32 bits per heavy atom. The predicted octanol–water partition coefficient (Wildman–Crippen LogP) is 9.59. The van der Waals surface area contributed by atoms with Gasteiger partial charge in [-0.1, -0.05) is 91.0 Å². The highest BCUT2D eigenvalue weighted by molar-refractivity contribution is 5.99. The van der Waals surface area contributed by atoms with E-state index in [-0.39, 0.29) is 0 Å². The fraction of sp³-hybridized carbons (Fsp3) is 0.0217. The van der Waals surface area contributed by atoms with Crippen molar-refractivity contribution in [3.8, 4) is 67.8 Å². The molecule has 0 amide bonds. The zero-order valence-corrected chi connectivity index (χ0v) is 28.4. The lowest BCUT2D eigenvalue weighted by Gasteiger charge is -2.30. The Hall–Kier alpha value is -7.25. The number of fused-ring (bicyclic) bond motifs is 10. The van der Waals surface area contributed by atoms with Crippen molar-refractivity contribution < 1.29 is 0 Å². The van der Waals surface area contributed by atoms with Crippen LogP contribution < -0.4 is 0 Å². The van der Waals surface area contributed by atoms with Gasteiger partial charge in [-0.25, -0.2) is 24.9 Å². The Bertz CT molecular complexity index is 2680. The number of imidazole rings is 2. The van der Waals surface area contributed by atoms with Crippen LogP contribution in [-0.2, 0) is 5.41 Å². The van der Waals surface area contributed by atoms with E-state index in [2.05, 4.69) is 149 Å². The van der Waals surface area contributed by atoms with Crippen LogP contribution in [0.25, 0.3) is 67.8 Å². The average Bonchev–Trinajstić information content (AvgIpc) is 4.06. The molecule has 248 valence electrons. The summed E-state index contributed by atoms with van der Waals surface area (Å²) in [4.78, 5) is 24.0. The van der Waals surface area contributed by atoms with Gasteiger partial charge in [-0.05, 0) is 93.0 Å². The van der Waals surface area contributed by atoms with Crippen LogP contribution in [0.3, 0.4) is 0 Å². The average molecular weight is 680 g/mol. The van der Waals surface area contributed by atoms with Crippen molar-refractivity contribution in [2.24, 2.45) is 0 Å². The van der Waals surface area contributed by atoms with Crippen molar-refractivity contribution in [3.05, 3.63) is 199 Å². The molecule has 53 heavy (non-hydrogen) atoms. The lowest BCUT2D eigenvalue weighted by Crippen LogP contribution is -2.25. The molecule has 7 heteroatoms. The molecule has 0 bridgehead atoms. The predicted molar refractivity (Wildman–Crippen MR) is 207 cm³/mol. The van der Waals surface area contributed by atoms with Gasteiger partial charge >= 0.3 is 0 Å². The number of aromatic nitrogens is 7. The van der Waals surface area contributed by atoms with Gasteiger partial charge in [0.1, 0.15) is 0 Å². The second-order valence-electron chi connectivity index (χ2n) is 13.5. The first-order chi connectivity index (χ1) is 26.3. The fourth-order valence-electron chi connectivity index (χ4n) is 8.47. The van der Waals surface area contributed by atoms with E-state index >= 15 is 0 Å². The van der Waals surface area contributed by atoms with Crippen LogP contribution in [0.15, 0.2) is 177 Å². The van der Waals surface area contributed by atoms with Gasteiger partial charge in [-0.3, -0.25) is 0 Å². The Morgan fingerprint density at radius 2 is 0.811 bits per heavy atom. The maximum Gasteiger partial charge on any atom is 0.164 e. The van der Waals surface area contributed by atoms with E-state index in [9.17, 15) is 0 Å². The standard InChI is InChI=1S/C46H29N7/c1-4-12-38-34(8-1)35-9-2-5-13-39(35)46(38)40-14-6-3-10-36(40)42-37(11-7-15-41(42)46)45-50-43(30-16-20-32(21-17-30)52-26-24-47-28-52)49-44(51-45)31-18-22-33(23-19-31)53-27-25-48-29-53/h1-29H. The molecule has 9 aromatic rings. The summed E-state index contributed by atoms with van der Waals surface area (Å²) in [5.74, 6) is 1.85. The number of nitrogens with zero attached hydrogens (tertiary/aromatic N) is 7. The molecule has 11 rings (SSSR count). The largest absolute Gasteiger partial charge is 0.306 e. The highest BCUT2D eigenvalue weighted by Gasteiger charge is 2.52. The first kappa shape index (κ1) is 29.5. The van der Waals surface area contributed by atoms with Crippen molar-refractivity contribution in [2.45, 2.75) is 5.41 Å². The summed E-state index contributed by atoms with van der Waals surface area (Å²) in [6, 6.07) is 49.7. The molecule has 6 aromatic carbocycles. The third-order valence-corrected chi connectivity index (χ3v) is 10.8. The van der Waals surface area contributed by atoms with Crippen molar-refractivity contribution in [2.75, 3.05) is 0 Å². The van der Waals surface area contributed by atoms with Crippen LogP contribution in [0.1, 0.15) is 22.3 Å². The summed E-state index contributed by atoms with van der Waals surface area (Å²) in [6.45, 7) is 0.